The summed E-state index contributed by atoms with van der Waals surface area (Å²) in [6.45, 7) is 3.33. The summed E-state index contributed by atoms with van der Waals surface area (Å²) in [6.07, 6.45) is 1.31. The summed E-state index contributed by atoms with van der Waals surface area (Å²) in [5.74, 6) is 0. The van der Waals surface area contributed by atoms with Gasteiger partial charge in [0.05, 0.1) is 0 Å². The first-order chi connectivity index (χ1) is 7.33. The molecule has 2 aliphatic rings. The number of likely N-dealkylation sites (tertiary alicyclic amines) is 1. The zero-order valence-electron chi connectivity index (χ0n) is 8.62. The van der Waals surface area contributed by atoms with Gasteiger partial charge in [-0.1, -0.05) is 29.8 Å². The van der Waals surface area contributed by atoms with Gasteiger partial charge in [-0.3, -0.25) is 4.90 Å². The Hall–Kier alpha value is -0.570. The fourth-order valence-corrected chi connectivity index (χ4v) is 2.88. The highest BCUT2D eigenvalue weighted by molar-refractivity contribution is 6.31. The van der Waals surface area contributed by atoms with Crippen molar-refractivity contribution in [3.05, 3.63) is 34.9 Å². The molecule has 3 rings (SSSR count). The third-order valence-electron chi connectivity index (χ3n) is 3.50. The normalized spacial score (nSPS) is 29.9. The molecule has 2 heterocycles. The lowest BCUT2D eigenvalue weighted by Crippen LogP contribution is -2.42. The quantitative estimate of drug-likeness (QED) is 0.822. The van der Waals surface area contributed by atoms with E-state index in [0.717, 1.165) is 30.2 Å². The molecule has 2 saturated heterocycles. The van der Waals surface area contributed by atoms with Crippen LogP contribution in [0.25, 0.3) is 0 Å². The summed E-state index contributed by atoms with van der Waals surface area (Å²) >= 11 is 6.16. The van der Waals surface area contributed by atoms with Crippen molar-refractivity contribution >= 4 is 11.6 Å². The molecular formula is C12H15ClN2. The van der Waals surface area contributed by atoms with E-state index in [9.17, 15) is 0 Å². The van der Waals surface area contributed by atoms with Gasteiger partial charge in [0.2, 0.25) is 0 Å². The molecule has 0 unspecified atom stereocenters. The summed E-state index contributed by atoms with van der Waals surface area (Å²) in [4.78, 5) is 2.54. The summed E-state index contributed by atoms with van der Waals surface area (Å²) in [6, 6.07) is 9.60. The maximum absolute atomic E-state index is 6.16. The van der Waals surface area contributed by atoms with Crippen molar-refractivity contribution in [2.75, 3.05) is 13.1 Å². The van der Waals surface area contributed by atoms with Crippen molar-refractivity contribution in [2.24, 2.45) is 0 Å². The summed E-state index contributed by atoms with van der Waals surface area (Å²) in [7, 11) is 0. The predicted octanol–water partition coefficient (Wildman–Crippen LogP) is 1.89. The van der Waals surface area contributed by atoms with Crippen LogP contribution < -0.4 is 5.32 Å². The van der Waals surface area contributed by atoms with Gasteiger partial charge in [0, 0.05) is 36.7 Å². The minimum absolute atomic E-state index is 0.720. The largest absolute Gasteiger partial charge is 0.311 e. The molecule has 2 aliphatic heterocycles. The first-order valence-electron chi connectivity index (χ1n) is 5.54. The first-order valence-corrected chi connectivity index (χ1v) is 5.91. The van der Waals surface area contributed by atoms with Crippen molar-refractivity contribution in [1.29, 1.82) is 0 Å². The number of nitrogens with one attached hydrogen (secondary N) is 1. The van der Waals surface area contributed by atoms with Crippen LogP contribution in [0, 0.1) is 0 Å². The van der Waals surface area contributed by atoms with Crippen LogP contribution in [-0.4, -0.2) is 30.1 Å². The molecule has 0 radical (unpaired) electrons. The maximum Gasteiger partial charge on any atom is 0.0451 e. The van der Waals surface area contributed by atoms with Gasteiger partial charge in [0.25, 0.3) is 0 Å². The number of benzene rings is 1. The molecule has 2 nitrogen and oxygen atoms in total. The fourth-order valence-electron chi connectivity index (χ4n) is 2.69. The van der Waals surface area contributed by atoms with Crippen LogP contribution >= 0.6 is 11.6 Å². The SMILES string of the molecule is Clc1ccccc1CN1C[C@H]2C[C@@H]1CN2. The molecule has 2 atom stereocenters. The monoisotopic (exact) mass is 222 g/mol. The Morgan fingerprint density at radius 1 is 1.40 bits per heavy atom. The lowest BCUT2D eigenvalue weighted by molar-refractivity contribution is 0.218. The van der Waals surface area contributed by atoms with E-state index in [1.165, 1.54) is 18.5 Å². The third kappa shape index (κ3) is 1.78. The smallest absolute Gasteiger partial charge is 0.0451 e. The predicted molar refractivity (Wildman–Crippen MR) is 62.1 cm³/mol. The summed E-state index contributed by atoms with van der Waals surface area (Å²) in [5.41, 5.74) is 1.26. The molecule has 1 aromatic carbocycles. The molecule has 0 aliphatic carbocycles. The fraction of sp³-hybridized carbons (Fsp3) is 0.500. The Morgan fingerprint density at radius 3 is 2.93 bits per heavy atom. The number of fused-ring (bicyclic) bond motifs is 2. The van der Waals surface area contributed by atoms with E-state index < -0.39 is 0 Å². The highest BCUT2D eigenvalue weighted by Gasteiger charge is 2.37. The van der Waals surface area contributed by atoms with Gasteiger partial charge in [0.15, 0.2) is 0 Å². The Bertz CT molecular complexity index is 366. The molecular weight excluding hydrogens is 208 g/mol. The topological polar surface area (TPSA) is 15.3 Å². The average Bonchev–Trinajstić information content (AvgIpc) is 2.83. The molecule has 3 heteroatoms. The second-order valence-electron chi connectivity index (χ2n) is 4.52. The standard InChI is InChI=1S/C12H15ClN2/c13-12-4-2-1-3-9(12)7-15-8-10-5-11(15)6-14-10/h1-4,10-11,14H,5-8H2/t10-,11-/m1/s1. The van der Waals surface area contributed by atoms with E-state index >= 15 is 0 Å². The van der Waals surface area contributed by atoms with Crippen LogP contribution in [-0.2, 0) is 6.54 Å². The Morgan fingerprint density at radius 2 is 2.27 bits per heavy atom. The molecule has 15 heavy (non-hydrogen) atoms. The van der Waals surface area contributed by atoms with Crippen molar-refractivity contribution in [3.8, 4) is 0 Å². The van der Waals surface area contributed by atoms with E-state index in [1.54, 1.807) is 0 Å². The summed E-state index contributed by atoms with van der Waals surface area (Å²) in [5, 5.41) is 4.41. The average molecular weight is 223 g/mol. The van der Waals surface area contributed by atoms with E-state index in [2.05, 4.69) is 22.3 Å². The van der Waals surface area contributed by atoms with Crippen LogP contribution in [0.5, 0.6) is 0 Å². The molecule has 0 spiro atoms. The Balaban J connectivity index is 1.73. The zero-order chi connectivity index (χ0) is 10.3. The van der Waals surface area contributed by atoms with E-state index in [0.29, 0.717) is 0 Å². The molecule has 0 saturated carbocycles. The van der Waals surface area contributed by atoms with Gasteiger partial charge in [-0.25, -0.2) is 0 Å². The van der Waals surface area contributed by atoms with Gasteiger partial charge in [-0.2, -0.15) is 0 Å². The maximum atomic E-state index is 6.16. The molecule has 2 bridgehead atoms. The zero-order valence-corrected chi connectivity index (χ0v) is 9.37. The molecule has 2 fully saturated rings. The number of halogens is 1. The number of hydrogen-bond donors (Lipinski definition) is 1. The van der Waals surface area contributed by atoms with E-state index in [4.69, 9.17) is 11.6 Å². The van der Waals surface area contributed by atoms with Crippen molar-refractivity contribution in [1.82, 2.24) is 10.2 Å². The second kappa shape index (κ2) is 3.78. The van der Waals surface area contributed by atoms with Gasteiger partial charge in [0.1, 0.15) is 0 Å². The Labute approximate surface area is 95.2 Å². The minimum atomic E-state index is 0.720. The van der Waals surface area contributed by atoms with E-state index in [1.807, 2.05) is 12.1 Å². The van der Waals surface area contributed by atoms with Crippen LogP contribution in [0.4, 0.5) is 0 Å². The van der Waals surface area contributed by atoms with Gasteiger partial charge < -0.3 is 5.32 Å². The lowest BCUT2D eigenvalue weighted by atomic mass is 10.2. The molecule has 80 valence electrons. The highest BCUT2D eigenvalue weighted by atomic mass is 35.5. The number of nitrogens with zero attached hydrogens (tertiary/aromatic N) is 1. The first kappa shape index (κ1) is 9.64. The van der Waals surface area contributed by atoms with E-state index in [-0.39, 0.29) is 0 Å². The second-order valence-corrected chi connectivity index (χ2v) is 4.92. The molecule has 0 amide bonds. The van der Waals surface area contributed by atoms with Crippen molar-refractivity contribution in [3.63, 3.8) is 0 Å². The molecule has 1 N–H and O–H groups in total. The minimum Gasteiger partial charge on any atom is -0.311 e. The van der Waals surface area contributed by atoms with Crippen molar-refractivity contribution < 1.29 is 0 Å². The highest BCUT2D eigenvalue weighted by Crippen LogP contribution is 2.26. The number of hydrogen-bond acceptors (Lipinski definition) is 2. The summed E-state index contributed by atoms with van der Waals surface area (Å²) < 4.78 is 0. The number of rotatable bonds is 2. The van der Waals surface area contributed by atoms with Crippen molar-refractivity contribution in [2.45, 2.75) is 25.0 Å². The lowest BCUT2D eigenvalue weighted by Gasteiger charge is -2.27. The van der Waals surface area contributed by atoms with Gasteiger partial charge in [-0.15, -0.1) is 0 Å². The van der Waals surface area contributed by atoms with Gasteiger partial charge >= 0.3 is 0 Å². The Kier molecular flexibility index (Phi) is 2.43. The molecule has 0 aromatic heterocycles. The van der Waals surface area contributed by atoms with Crippen LogP contribution in [0.15, 0.2) is 24.3 Å². The van der Waals surface area contributed by atoms with Crippen LogP contribution in [0.3, 0.4) is 0 Å². The third-order valence-corrected chi connectivity index (χ3v) is 3.87. The van der Waals surface area contributed by atoms with Crippen LogP contribution in [0.1, 0.15) is 12.0 Å². The number of piperazine rings is 1. The van der Waals surface area contributed by atoms with Gasteiger partial charge in [-0.05, 0) is 18.1 Å². The molecule has 1 aromatic rings. The van der Waals surface area contributed by atoms with Crippen LogP contribution in [0.2, 0.25) is 5.02 Å².